The van der Waals surface area contributed by atoms with Gasteiger partial charge in [-0.15, -0.1) is 0 Å². The van der Waals surface area contributed by atoms with Crippen molar-refractivity contribution in [1.29, 1.82) is 0 Å². The summed E-state index contributed by atoms with van der Waals surface area (Å²) in [6.07, 6.45) is 11.8. The second kappa shape index (κ2) is 6.22. The Morgan fingerprint density at radius 3 is 2.47 bits per heavy atom. The van der Waals surface area contributed by atoms with Gasteiger partial charge in [0.25, 0.3) is 0 Å². The maximum atomic E-state index is 3.56. The highest BCUT2D eigenvalue weighted by Gasteiger charge is 2.39. The summed E-state index contributed by atoms with van der Waals surface area (Å²) < 4.78 is 0. The van der Waals surface area contributed by atoms with Crippen LogP contribution in [0.15, 0.2) is 0 Å². The first-order chi connectivity index (χ1) is 8.19. The molecule has 0 aromatic rings. The van der Waals surface area contributed by atoms with Gasteiger partial charge >= 0.3 is 0 Å². The fourth-order valence-electron chi connectivity index (χ4n) is 4.18. The number of rotatable bonds is 7. The molecule has 2 bridgehead atoms. The van der Waals surface area contributed by atoms with Crippen molar-refractivity contribution in [3.8, 4) is 0 Å². The third kappa shape index (κ3) is 3.71. The van der Waals surface area contributed by atoms with Crippen molar-refractivity contribution in [2.24, 2.45) is 23.7 Å². The molecule has 4 atom stereocenters. The standard InChI is InChI=1S/C16H31N/c1-12(2)5-4-6-16(17-3)11-15-10-13-7-8-14(15)9-13/h12-17H,4-11H2,1-3H3. The number of nitrogens with one attached hydrogen (secondary N) is 1. The molecule has 2 rings (SSSR count). The second-order valence-electron chi connectivity index (χ2n) is 6.98. The monoisotopic (exact) mass is 237 g/mol. The van der Waals surface area contributed by atoms with Crippen molar-refractivity contribution in [2.75, 3.05) is 7.05 Å². The molecule has 0 aromatic carbocycles. The third-order valence-electron chi connectivity index (χ3n) is 5.21. The normalized spacial score (nSPS) is 33.5. The zero-order chi connectivity index (χ0) is 12.3. The minimum absolute atomic E-state index is 0.790. The van der Waals surface area contributed by atoms with E-state index in [2.05, 4.69) is 26.2 Å². The highest BCUT2D eigenvalue weighted by atomic mass is 14.9. The van der Waals surface area contributed by atoms with Gasteiger partial charge in [0.05, 0.1) is 0 Å². The number of hydrogen-bond acceptors (Lipinski definition) is 1. The Morgan fingerprint density at radius 1 is 1.12 bits per heavy atom. The molecule has 2 aliphatic carbocycles. The summed E-state index contributed by atoms with van der Waals surface area (Å²) >= 11 is 0. The first-order valence-electron chi connectivity index (χ1n) is 7.86. The molecule has 1 heteroatoms. The molecule has 17 heavy (non-hydrogen) atoms. The van der Waals surface area contributed by atoms with Crippen molar-refractivity contribution in [2.45, 2.75) is 71.3 Å². The summed E-state index contributed by atoms with van der Waals surface area (Å²) in [5, 5.41) is 3.56. The predicted molar refractivity (Wildman–Crippen MR) is 75.1 cm³/mol. The Kier molecular flexibility index (Phi) is 4.90. The first-order valence-corrected chi connectivity index (χ1v) is 7.86. The lowest BCUT2D eigenvalue weighted by Gasteiger charge is -2.26. The smallest absolute Gasteiger partial charge is 0.00668 e. The zero-order valence-corrected chi connectivity index (χ0v) is 12.0. The van der Waals surface area contributed by atoms with Crippen LogP contribution in [0.1, 0.15) is 65.2 Å². The highest BCUT2D eigenvalue weighted by molar-refractivity contribution is 4.91. The molecule has 2 saturated carbocycles. The van der Waals surface area contributed by atoms with Crippen LogP contribution in [0.3, 0.4) is 0 Å². The first kappa shape index (κ1) is 13.4. The quantitative estimate of drug-likeness (QED) is 0.699. The molecule has 0 aliphatic heterocycles. The van der Waals surface area contributed by atoms with Crippen molar-refractivity contribution < 1.29 is 0 Å². The van der Waals surface area contributed by atoms with E-state index in [0.29, 0.717) is 0 Å². The zero-order valence-electron chi connectivity index (χ0n) is 12.0. The Morgan fingerprint density at radius 2 is 1.94 bits per heavy atom. The summed E-state index contributed by atoms with van der Waals surface area (Å²) in [6.45, 7) is 4.68. The van der Waals surface area contributed by atoms with Gasteiger partial charge in [0, 0.05) is 6.04 Å². The summed E-state index contributed by atoms with van der Waals surface area (Å²) in [7, 11) is 2.16. The van der Waals surface area contributed by atoms with E-state index in [0.717, 1.165) is 29.7 Å². The van der Waals surface area contributed by atoms with Crippen LogP contribution in [0, 0.1) is 23.7 Å². The van der Waals surface area contributed by atoms with E-state index in [1.54, 1.807) is 19.3 Å². The Hall–Kier alpha value is -0.0400. The lowest BCUT2D eigenvalue weighted by atomic mass is 9.83. The SMILES string of the molecule is CNC(CCCC(C)C)CC1CC2CCC1C2. The molecule has 100 valence electrons. The molecule has 0 radical (unpaired) electrons. The van der Waals surface area contributed by atoms with Crippen molar-refractivity contribution in [3.05, 3.63) is 0 Å². The molecule has 0 aromatic heterocycles. The molecule has 0 heterocycles. The second-order valence-corrected chi connectivity index (χ2v) is 6.98. The summed E-state index contributed by atoms with van der Waals surface area (Å²) in [5.74, 6) is 4.14. The fraction of sp³-hybridized carbons (Fsp3) is 1.00. The topological polar surface area (TPSA) is 12.0 Å². The molecule has 0 saturated heterocycles. The lowest BCUT2D eigenvalue weighted by Crippen LogP contribution is -2.29. The summed E-state index contributed by atoms with van der Waals surface area (Å²) in [4.78, 5) is 0. The van der Waals surface area contributed by atoms with Crippen LogP contribution < -0.4 is 5.32 Å². The van der Waals surface area contributed by atoms with Gasteiger partial charge in [-0.25, -0.2) is 0 Å². The van der Waals surface area contributed by atoms with Crippen LogP contribution in [0.2, 0.25) is 0 Å². The Labute approximate surface area is 108 Å². The van der Waals surface area contributed by atoms with Crippen LogP contribution in [-0.2, 0) is 0 Å². The Bertz CT molecular complexity index is 224. The van der Waals surface area contributed by atoms with Crippen molar-refractivity contribution in [3.63, 3.8) is 0 Å². The largest absolute Gasteiger partial charge is 0.317 e. The van der Waals surface area contributed by atoms with Crippen LogP contribution in [0.5, 0.6) is 0 Å². The van der Waals surface area contributed by atoms with E-state index in [1.807, 2.05) is 0 Å². The average Bonchev–Trinajstić information content (AvgIpc) is 2.89. The van der Waals surface area contributed by atoms with Gasteiger partial charge in [-0.3, -0.25) is 0 Å². The van der Waals surface area contributed by atoms with Gasteiger partial charge in [-0.2, -0.15) is 0 Å². The van der Waals surface area contributed by atoms with Gasteiger partial charge in [-0.1, -0.05) is 33.1 Å². The van der Waals surface area contributed by atoms with E-state index in [-0.39, 0.29) is 0 Å². The van der Waals surface area contributed by atoms with E-state index in [4.69, 9.17) is 0 Å². The molecule has 1 N–H and O–H groups in total. The molecule has 4 unspecified atom stereocenters. The number of fused-ring (bicyclic) bond motifs is 2. The molecule has 0 amide bonds. The van der Waals surface area contributed by atoms with Gasteiger partial charge < -0.3 is 5.32 Å². The van der Waals surface area contributed by atoms with E-state index in [1.165, 1.54) is 32.1 Å². The Balaban J connectivity index is 1.68. The summed E-state index contributed by atoms with van der Waals surface area (Å²) in [5.41, 5.74) is 0. The van der Waals surface area contributed by atoms with Gasteiger partial charge in [-0.05, 0) is 62.8 Å². The van der Waals surface area contributed by atoms with E-state index < -0.39 is 0 Å². The maximum absolute atomic E-state index is 3.56. The fourth-order valence-corrected chi connectivity index (χ4v) is 4.18. The minimum Gasteiger partial charge on any atom is -0.317 e. The summed E-state index contributed by atoms with van der Waals surface area (Å²) in [6, 6.07) is 0.790. The van der Waals surface area contributed by atoms with Crippen molar-refractivity contribution >= 4 is 0 Å². The average molecular weight is 237 g/mol. The van der Waals surface area contributed by atoms with Crippen LogP contribution >= 0.6 is 0 Å². The van der Waals surface area contributed by atoms with Crippen LogP contribution in [0.4, 0.5) is 0 Å². The lowest BCUT2D eigenvalue weighted by molar-refractivity contribution is 0.273. The molecule has 2 fully saturated rings. The van der Waals surface area contributed by atoms with Crippen molar-refractivity contribution in [1.82, 2.24) is 5.32 Å². The predicted octanol–water partition coefficient (Wildman–Crippen LogP) is 4.23. The molecule has 2 aliphatic rings. The molecule has 0 spiro atoms. The van der Waals surface area contributed by atoms with Gasteiger partial charge in [0.15, 0.2) is 0 Å². The van der Waals surface area contributed by atoms with E-state index >= 15 is 0 Å². The molecular formula is C16H31N. The maximum Gasteiger partial charge on any atom is 0.00668 e. The molecule has 1 nitrogen and oxygen atoms in total. The number of hydrogen-bond donors (Lipinski definition) is 1. The van der Waals surface area contributed by atoms with Crippen LogP contribution in [-0.4, -0.2) is 13.1 Å². The minimum atomic E-state index is 0.790. The van der Waals surface area contributed by atoms with Gasteiger partial charge in [0.2, 0.25) is 0 Å². The van der Waals surface area contributed by atoms with Crippen LogP contribution in [0.25, 0.3) is 0 Å². The van der Waals surface area contributed by atoms with E-state index in [9.17, 15) is 0 Å². The molecular weight excluding hydrogens is 206 g/mol. The third-order valence-corrected chi connectivity index (χ3v) is 5.21. The van der Waals surface area contributed by atoms with Gasteiger partial charge in [0.1, 0.15) is 0 Å². The highest BCUT2D eigenvalue weighted by Crippen LogP contribution is 2.50.